The zero-order chi connectivity index (χ0) is 28.9. The highest BCUT2D eigenvalue weighted by Gasteiger charge is 2.14. The number of likely N-dealkylation sites (N-methyl/N-ethyl adjacent to an activating group) is 2. The quantitative estimate of drug-likeness (QED) is 0.205. The molecule has 0 saturated carbocycles. The molecule has 0 heterocycles. The predicted molar refractivity (Wildman–Crippen MR) is 162 cm³/mol. The van der Waals surface area contributed by atoms with Gasteiger partial charge in [-0.3, -0.25) is 9.59 Å². The van der Waals surface area contributed by atoms with E-state index in [9.17, 15) is 9.59 Å². The van der Waals surface area contributed by atoms with Crippen LogP contribution in [0, 0.1) is 0 Å². The van der Waals surface area contributed by atoms with Crippen molar-refractivity contribution in [3.63, 3.8) is 0 Å². The standard InChI is InChI=1S/C35H38N2O4/c1-36(20-18-28-12-6-3-7-13-28)34(38)24-31-22-32(40-26-30-16-10-5-11-17-30)25-33(23-31)41-27-35(39)37(2)21-19-29-14-8-4-9-15-29/h3-17,22-23,25H,18-21,24,26-27H2,1-2H3. The average molecular weight is 551 g/mol. The Morgan fingerprint density at radius 3 is 1.56 bits per heavy atom. The van der Waals surface area contributed by atoms with Crippen LogP contribution in [-0.4, -0.2) is 55.4 Å². The third-order valence-electron chi connectivity index (χ3n) is 6.91. The van der Waals surface area contributed by atoms with Crippen LogP contribution < -0.4 is 9.47 Å². The molecular weight excluding hydrogens is 512 g/mol. The lowest BCUT2D eigenvalue weighted by atomic mass is 10.1. The van der Waals surface area contributed by atoms with E-state index < -0.39 is 0 Å². The van der Waals surface area contributed by atoms with Crippen LogP contribution in [0.1, 0.15) is 22.3 Å². The van der Waals surface area contributed by atoms with E-state index in [2.05, 4.69) is 24.3 Å². The Morgan fingerprint density at radius 1 is 0.561 bits per heavy atom. The van der Waals surface area contributed by atoms with Crippen LogP contribution in [0.5, 0.6) is 11.5 Å². The highest BCUT2D eigenvalue weighted by Crippen LogP contribution is 2.25. The second-order valence-corrected chi connectivity index (χ2v) is 10.2. The summed E-state index contributed by atoms with van der Waals surface area (Å²) in [4.78, 5) is 29.3. The van der Waals surface area contributed by atoms with E-state index in [-0.39, 0.29) is 24.8 Å². The number of hydrogen-bond acceptors (Lipinski definition) is 4. The van der Waals surface area contributed by atoms with E-state index in [1.165, 1.54) is 11.1 Å². The Hall–Kier alpha value is -4.58. The number of nitrogens with zero attached hydrogens (tertiary/aromatic N) is 2. The number of ether oxygens (including phenoxy) is 2. The number of carbonyl (C=O) groups excluding carboxylic acids is 2. The van der Waals surface area contributed by atoms with Gasteiger partial charge in [-0.05, 0) is 47.2 Å². The highest BCUT2D eigenvalue weighted by atomic mass is 16.5. The van der Waals surface area contributed by atoms with Crippen molar-refractivity contribution in [3.05, 3.63) is 131 Å². The largest absolute Gasteiger partial charge is 0.489 e. The molecule has 6 heteroatoms. The molecule has 6 nitrogen and oxygen atoms in total. The maximum atomic E-state index is 13.1. The smallest absolute Gasteiger partial charge is 0.260 e. The molecule has 0 aliphatic carbocycles. The second-order valence-electron chi connectivity index (χ2n) is 10.2. The van der Waals surface area contributed by atoms with Crippen LogP contribution >= 0.6 is 0 Å². The van der Waals surface area contributed by atoms with E-state index in [1.807, 2.05) is 85.9 Å². The number of amides is 2. The molecule has 2 amide bonds. The molecule has 41 heavy (non-hydrogen) atoms. The van der Waals surface area contributed by atoms with Crippen LogP contribution in [0.25, 0.3) is 0 Å². The zero-order valence-electron chi connectivity index (χ0n) is 23.9. The van der Waals surface area contributed by atoms with E-state index in [4.69, 9.17) is 9.47 Å². The van der Waals surface area contributed by atoms with Crippen molar-refractivity contribution in [1.29, 1.82) is 0 Å². The molecule has 4 aromatic carbocycles. The van der Waals surface area contributed by atoms with E-state index in [0.717, 1.165) is 24.0 Å². The molecule has 4 rings (SSSR count). The van der Waals surface area contributed by atoms with Gasteiger partial charge in [-0.15, -0.1) is 0 Å². The fraction of sp³-hybridized carbons (Fsp3) is 0.257. The Bertz CT molecular complexity index is 1380. The molecule has 0 spiro atoms. The summed E-state index contributed by atoms with van der Waals surface area (Å²) >= 11 is 0. The Labute approximate surface area is 243 Å². The molecule has 0 aliphatic rings. The third kappa shape index (κ3) is 9.84. The lowest BCUT2D eigenvalue weighted by molar-refractivity contribution is -0.132. The third-order valence-corrected chi connectivity index (χ3v) is 6.91. The minimum Gasteiger partial charge on any atom is -0.489 e. The van der Waals surface area contributed by atoms with Crippen LogP contribution in [0.2, 0.25) is 0 Å². The molecule has 0 fully saturated rings. The zero-order valence-corrected chi connectivity index (χ0v) is 23.9. The molecule has 0 radical (unpaired) electrons. The lowest BCUT2D eigenvalue weighted by Gasteiger charge is -2.19. The van der Waals surface area contributed by atoms with Crippen LogP contribution in [0.4, 0.5) is 0 Å². The first-order valence-corrected chi connectivity index (χ1v) is 14.0. The molecule has 0 saturated heterocycles. The first-order valence-electron chi connectivity index (χ1n) is 14.0. The maximum Gasteiger partial charge on any atom is 0.260 e. The summed E-state index contributed by atoms with van der Waals surface area (Å²) in [6.07, 6.45) is 1.77. The van der Waals surface area contributed by atoms with Crippen molar-refractivity contribution in [3.8, 4) is 11.5 Å². The molecule has 0 aromatic heterocycles. The lowest BCUT2D eigenvalue weighted by Crippen LogP contribution is -2.33. The van der Waals surface area contributed by atoms with Crippen molar-refractivity contribution in [1.82, 2.24) is 9.80 Å². The highest BCUT2D eigenvalue weighted by molar-refractivity contribution is 5.79. The summed E-state index contributed by atoms with van der Waals surface area (Å²) in [5.74, 6) is 0.972. The second kappa shape index (κ2) is 15.3. The molecular formula is C35H38N2O4. The molecule has 0 atom stereocenters. The first-order chi connectivity index (χ1) is 20.0. The van der Waals surface area contributed by atoms with Gasteiger partial charge in [0.05, 0.1) is 6.42 Å². The minimum absolute atomic E-state index is 0.00353. The Balaban J connectivity index is 1.38. The molecule has 212 valence electrons. The van der Waals surface area contributed by atoms with Crippen molar-refractivity contribution < 1.29 is 19.1 Å². The monoisotopic (exact) mass is 550 g/mol. The molecule has 0 N–H and O–H groups in total. The average Bonchev–Trinajstić information content (AvgIpc) is 3.01. The fourth-order valence-corrected chi connectivity index (χ4v) is 4.34. The first kappa shape index (κ1) is 29.4. The van der Waals surface area contributed by atoms with Gasteiger partial charge in [-0.1, -0.05) is 91.0 Å². The van der Waals surface area contributed by atoms with Crippen LogP contribution in [0.3, 0.4) is 0 Å². The molecule has 4 aromatic rings. The van der Waals surface area contributed by atoms with Crippen molar-refractivity contribution in [2.75, 3.05) is 33.8 Å². The SMILES string of the molecule is CN(CCc1ccccc1)C(=O)COc1cc(CC(=O)N(C)CCc2ccccc2)cc(OCc2ccccc2)c1. The van der Waals surface area contributed by atoms with Gasteiger partial charge in [-0.2, -0.15) is 0 Å². The van der Waals surface area contributed by atoms with Crippen LogP contribution in [-0.2, 0) is 35.5 Å². The summed E-state index contributed by atoms with van der Waals surface area (Å²) in [7, 11) is 3.60. The number of rotatable bonds is 14. The van der Waals surface area contributed by atoms with E-state index in [0.29, 0.717) is 31.2 Å². The van der Waals surface area contributed by atoms with Crippen molar-refractivity contribution >= 4 is 11.8 Å². The Morgan fingerprint density at radius 2 is 1.02 bits per heavy atom. The summed E-state index contributed by atoms with van der Waals surface area (Å²) in [5, 5.41) is 0. The van der Waals surface area contributed by atoms with Gasteiger partial charge < -0.3 is 19.3 Å². The molecule has 0 bridgehead atoms. The van der Waals surface area contributed by atoms with Gasteiger partial charge >= 0.3 is 0 Å². The van der Waals surface area contributed by atoms with E-state index >= 15 is 0 Å². The van der Waals surface area contributed by atoms with Gasteiger partial charge in [0.1, 0.15) is 18.1 Å². The van der Waals surface area contributed by atoms with Gasteiger partial charge in [0, 0.05) is 33.3 Å². The summed E-state index contributed by atoms with van der Waals surface area (Å²) in [5.41, 5.74) is 4.18. The summed E-state index contributed by atoms with van der Waals surface area (Å²) in [6, 6.07) is 35.5. The van der Waals surface area contributed by atoms with Gasteiger partial charge in [0.2, 0.25) is 5.91 Å². The Kier molecular flexibility index (Phi) is 11.0. The summed E-state index contributed by atoms with van der Waals surface area (Å²) in [6.45, 7) is 1.51. The van der Waals surface area contributed by atoms with Gasteiger partial charge in [-0.25, -0.2) is 0 Å². The van der Waals surface area contributed by atoms with Gasteiger partial charge in [0.25, 0.3) is 5.91 Å². The number of benzene rings is 4. The number of hydrogen-bond donors (Lipinski definition) is 0. The van der Waals surface area contributed by atoms with E-state index in [1.54, 1.807) is 22.9 Å². The maximum absolute atomic E-state index is 13.1. The van der Waals surface area contributed by atoms with Gasteiger partial charge in [0.15, 0.2) is 6.61 Å². The normalized spacial score (nSPS) is 10.6. The predicted octanol–water partition coefficient (Wildman–Crippen LogP) is 5.59. The molecule has 0 aliphatic heterocycles. The number of carbonyl (C=O) groups is 2. The molecule has 0 unspecified atom stereocenters. The topological polar surface area (TPSA) is 59.1 Å². The fourth-order valence-electron chi connectivity index (χ4n) is 4.34. The summed E-state index contributed by atoms with van der Waals surface area (Å²) < 4.78 is 12.0. The van der Waals surface area contributed by atoms with Crippen molar-refractivity contribution in [2.45, 2.75) is 25.9 Å². The minimum atomic E-state index is -0.116. The van der Waals surface area contributed by atoms with Crippen molar-refractivity contribution in [2.24, 2.45) is 0 Å². The van der Waals surface area contributed by atoms with Crippen LogP contribution in [0.15, 0.2) is 109 Å².